The molecule has 1 amide bonds. The highest BCUT2D eigenvalue weighted by Gasteiger charge is 2.24. The summed E-state index contributed by atoms with van der Waals surface area (Å²) in [4.78, 5) is 16.0. The van der Waals surface area contributed by atoms with E-state index >= 15 is 0 Å². The third-order valence-corrected chi connectivity index (χ3v) is 5.88. The van der Waals surface area contributed by atoms with Gasteiger partial charge in [0.2, 0.25) is 0 Å². The molecule has 3 aromatic rings. The Balaban J connectivity index is 1.66. The second-order valence-corrected chi connectivity index (χ2v) is 8.98. The van der Waals surface area contributed by atoms with Gasteiger partial charge in [-0.15, -0.1) is 0 Å². The number of rotatable bonds is 8. The largest absolute Gasteiger partial charge is 0.489 e. The Hall–Kier alpha value is -3.96. The first-order valence-corrected chi connectivity index (χ1v) is 11.7. The van der Waals surface area contributed by atoms with Crippen LogP contribution in [0.1, 0.15) is 28.7 Å². The van der Waals surface area contributed by atoms with E-state index < -0.39 is 11.6 Å². The lowest BCUT2D eigenvalue weighted by molar-refractivity contribution is -0.112. The molecular formula is C28H24F2N3O2P. The third-order valence-electron chi connectivity index (χ3n) is 5.54. The number of halogens is 2. The smallest absolute Gasteiger partial charge is 0.283 e. The number of nitrogens with two attached hydrogens (primary N) is 1. The van der Waals surface area contributed by atoms with Gasteiger partial charge in [-0.05, 0) is 41.0 Å². The molecule has 0 bridgehead atoms. The van der Waals surface area contributed by atoms with Gasteiger partial charge in [0.05, 0.1) is 5.71 Å². The second-order valence-electron chi connectivity index (χ2n) is 8.26. The van der Waals surface area contributed by atoms with Crippen molar-refractivity contribution >= 4 is 32.1 Å². The van der Waals surface area contributed by atoms with E-state index in [0.29, 0.717) is 35.7 Å². The molecule has 182 valence electrons. The second kappa shape index (κ2) is 10.8. The molecule has 1 heterocycles. The number of dihydropyridines is 1. The minimum atomic E-state index is -3.03. The monoisotopic (exact) mass is 503 g/mol. The zero-order chi connectivity index (χ0) is 25.7. The molecule has 36 heavy (non-hydrogen) atoms. The van der Waals surface area contributed by atoms with E-state index in [4.69, 9.17) is 15.9 Å². The zero-order valence-electron chi connectivity index (χ0n) is 19.2. The van der Waals surface area contributed by atoms with Gasteiger partial charge in [-0.1, -0.05) is 76.0 Å². The van der Waals surface area contributed by atoms with Crippen molar-refractivity contribution in [3.63, 3.8) is 0 Å². The summed E-state index contributed by atoms with van der Waals surface area (Å²) in [6, 6.07) is 23.2. The number of benzene rings is 3. The number of ether oxygens (including phenoxy) is 1. The van der Waals surface area contributed by atoms with Crippen molar-refractivity contribution in [1.29, 1.82) is 5.41 Å². The molecule has 0 aliphatic carbocycles. The van der Waals surface area contributed by atoms with E-state index in [0.717, 1.165) is 16.7 Å². The molecule has 0 radical (unpaired) electrons. The molecule has 1 aliphatic heterocycles. The molecule has 4 rings (SSSR count). The van der Waals surface area contributed by atoms with Crippen LogP contribution < -0.4 is 10.5 Å². The van der Waals surface area contributed by atoms with Crippen molar-refractivity contribution in [2.45, 2.75) is 18.7 Å². The zero-order valence-corrected chi connectivity index (χ0v) is 20.4. The summed E-state index contributed by atoms with van der Waals surface area (Å²) in [6.45, 7) is 0.420. The van der Waals surface area contributed by atoms with Crippen molar-refractivity contribution in [2.75, 3.05) is 0 Å². The maximum absolute atomic E-state index is 13.6. The molecule has 0 fully saturated rings. The predicted molar refractivity (Wildman–Crippen MR) is 141 cm³/mol. The van der Waals surface area contributed by atoms with E-state index in [-0.39, 0.29) is 11.3 Å². The number of amides is 1. The Bertz CT molecular complexity index is 1380. The molecule has 5 nitrogen and oxygen atoms in total. The standard InChI is InChI=1S/C28H24F2N3O2P/c29-28(30,36)22-11-9-19(10-12-22)26-15-21(13-23(33-26)16-25(31)27(32)34)20-7-4-8-24(14-20)35-17-18-5-2-1-3-6-18/h1-12,14-16,31H,13,17,36H2,(H2,32,34)/b23-16+,31-25?. The minimum absolute atomic E-state index is 0.133. The highest BCUT2D eigenvalue weighted by atomic mass is 31.0. The lowest BCUT2D eigenvalue weighted by Gasteiger charge is -2.18. The van der Waals surface area contributed by atoms with Gasteiger partial charge in [0, 0.05) is 23.2 Å². The molecule has 8 heteroatoms. The lowest BCUT2D eigenvalue weighted by Crippen LogP contribution is -2.21. The van der Waals surface area contributed by atoms with Gasteiger partial charge in [0.1, 0.15) is 18.1 Å². The van der Waals surface area contributed by atoms with E-state index in [1.807, 2.05) is 60.7 Å². The minimum Gasteiger partial charge on any atom is -0.489 e. The number of carbonyl (C=O) groups excluding carboxylic acids is 1. The van der Waals surface area contributed by atoms with Crippen molar-refractivity contribution in [3.05, 3.63) is 119 Å². The number of aliphatic imine (C=N–C) groups is 1. The van der Waals surface area contributed by atoms with Crippen molar-refractivity contribution < 1.29 is 18.3 Å². The first-order chi connectivity index (χ1) is 17.2. The number of primary amides is 1. The number of carbonyl (C=O) groups is 1. The fraction of sp³-hybridized carbons (Fsp3) is 0.107. The Morgan fingerprint density at radius 2 is 1.78 bits per heavy atom. The van der Waals surface area contributed by atoms with Crippen LogP contribution >= 0.6 is 9.24 Å². The Labute approximate surface area is 210 Å². The predicted octanol–water partition coefficient (Wildman–Crippen LogP) is 5.86. The summed E-state index contributed by atoms with van der Waals surface area (Å²) in [7, 11) is 1.52. The van der Waals surface area contributed by atoms with Gasteiger partial charge in [-0.25, -0.2) is 0 Å². The molecule has 1 unspecified atom stereocenters. The van der Waals surface area contributed by atoms with Crippen LogP contribution in [0.4, 0.5) is 8.78 Å². The number of hydrogen-bond donors (Lipinski definition) is 2. The molecule has 1 atom stereocenters. The van der Waals surface area contributed by atoms with Gasteiger partial charge in [0.15, 0.2) is 0 Å². The van der Waals surface area contributed by atoms with Gasteiger partial charge in [0.25, 0.3) is 11.6 Å². The number of allylic oxidation sites excluding steroid dienone is 2. The number of nitrogens with one attached hydrogen (secondary N) is 1. The third kappa shape index (κ3) is 6.37. The average molecular weight is 503 g/mol. The summed E-state index contributed by atoms with van der Waals surface area (Å²) in [5.74, 6) is -0.178. The number of hydrogen-bond acceptors (Lipinski definition) is 4. The maximum Gasteiger partial charge on any atom is 0.283 e. The summed E-state index contributed by atoms with van der Waals surface area (Å²) in [6.07, 6.45) is 3.55. The SMILES string of the molecule is N=C(/C=C1\CC(c2cccc(OCc3ccccc3)c2)=CC(c2ccc(C(F)(F)P)cc2)=N1)C(N)=O. The Morgan fingerprint density at radius 1 is 1.06 bits per heavy atom. The molecule has 3 N–H and O–H groups in total. The van der Waals surface area contributed by atoms with Gasteiger partial charge in [-0.3, -0.25) is 15.2 Å². The Morgan fingerprint density at radius 3 is 2.44 bits per heavy atom. The fourth-order valence-electron chi connectivity index (χ4n) is 3.68. The average Bonchev–Trinajstić information content (AvgIpc) is 2.87. The van der Waals surface area contributed by atoms with Crippen molar-refractivity contribution in [2.24, 2.45) is 10.7 Å². The van der Waals surface area contributed by atoms with Crippen LogP contribution in [-0.4, -0.2) is 17.3 Å². The van der Waals surface area contributed by atoms with Crippen LogP contribution in [0.15, 0.2) is 102 Å². The van der Waals surface area contributed by atoms with Crippen LogP contribution in [0.25, 0.3) is 5.57 Å². The summed E-state index contributed by atoms with van der Waals surface area (Å²) in [5, 5.41) is 7.84. The van der Waals surface area contributed by atoms with Gasteiger partial charge in [-0.2, -0.15) is 8.78 Å². The molecule has 0 saturated carbocycles. The molecule has 0 saturated heterocycles. The topological polar surface area (TPSA) is 88.5 Å². The summed E-state index contributed by atoms with van der Waals surface area (Å²) >= 11 is 0. The van der Waals surface area contributed by atoms with E-state index in [2.05, 4.69) is 4.99 Å². The fourth-order valence-corrected chi connectivity index (χ4v) is 3.87. The first kappa shape index (κ1) is 25.1. The Kier molecular flexibility index (Phi) is 7.51. The highest BCUT2D eigenvalue weighted by molar-refractivity contribution is 7.17. The highest BCUT2D eigenvalue weighted by Crippen LogP contribution is 2.35. The van der Waals surface area contributed by atoms with Gasteiger partial charge < -0.3 is 10.5 Å². The van der Waals surface area contributed by atoms with Gasteiger partial charge >= 0.3 is 0 Å². The number of nitrogens with zero attached hydrogens (tertiary/aromatic N) is 1. The molecular weight excluding hydrogens is 479 g/mol. The van der Waals surface area contributed by atoms with Crippen molar-refractivity contribution in [1.82, 2.24) is 0 Å². The quantitative estimate of drug-likeness (QED) is 0.298. The number of alkyl halides is 2. The normalized spacial score (nSPS) is 14.7. The molecule has 3 aromatic carbocycles. The first-order valence-electron chi connectivity index (χ1n) is 11.1. The van der Waals surface area contributed by atoms with Crippen LogP contribution in [0.2, 0.25) is 0 Å². The van der Waals surface area contributed by atoms with Crippen LogP contribution in [0, 0.1) is 5.41 Å². The van der Waals surface area contributed by atoms with E-state index in [1.165, 1.54) is 27.4 Å². The van der Waals surface area contributed by atoms with E-state index in [1.54, 1.807) is 12.1 Å². The maximum atomic E-state index is 13.6. The molecule has 1 aliphatic rings. The summed E-state index contributed by atoms with van der Waals surface area (Å²) < 4.78 is 33.2. The van der Waals surface area contributed by atoms with E-state index in [9.17, 15) is 13.6 Å². The molecule has 0 spiro atoms. The summed E-state index contributed by atoms with van der Waals surface area (Å²) in [5.41, 5.74) is 6.10. The lowest BCUT2D eigenvalue weighted by atomic mass is 9.94. The molecule has 0 aromatic heterocycles. The van der Waals surface area contributed by atoms with Crippen molar-refractivity contribution in [3.8, 4) is 5.75 Å². The van der Waals surface area contributed by atoms with Crippen LogP contribution in [0.5, 0.6) is 5.75 Å². The van der Waals surface area contributed by atoms with Crippen LogP contribution in [0.3, 0.4) is 0 Å². The van der Waals surface area contributed by atoms with Crippen LogP contribution in [-0.2, 0) is 17.1 Å².